The molecule has 0 bridgehead atoms. The van der Waals surface area contributed by atoms with Crippen molar-refractivity contribution in [2.24, 2.45) is 5.41 Å². The molecule has 158 valence electrons. The highest BCUT2D eigenvalue weighted by atomic mass is 16.5. The molecule has 1 N–H and O–H groups in total. The molecule has 0 saturated carbocycles. The Morgan fingerprint density at radius 2 is 2.10 bits per heavy atom. The number of esters is 1. The van der Waals surface area contributed by atoms with Gasteiger partial charge in [-0.25, -0.2) is 4.79 Å². The molecule has 3 aliphatic heterocycles. The SMILES string of the molecule is CC[C@@]12C=C(C(=O)NC(C)C(=O)OC)n3c4c(c5ccccc53)CCN(CCC1)[C@H]42. The van der Waals surface area contributed by atoms with Crippen LogP contribution >= 0.6 is 0 Å². The number of hydrogen-bond acceptors (Lipinski definition) is 4. The molecule has 3 atom stereocenters. The summed E-state index contributed by atoms with van der Waals surface area (Å²) in [7, 11) is 1.34. The van der Waals surface area contributed by atoms with E-state index in [0.717, 1.165) is 44.3 Å². The van der Waals surface area contributed by atoms with Crippen LogP contribution < -0.4 is 5.32 Å². The predicted molar refractivity (Wildman–Crippen MR) is 116 cm³/mol. The van der Waals surface area contributed by atoms with Crippen molar-refractivity contribution in [3.8, 4) is 0 Å². The lowest BCUT2D eigenvalue weighted by Crippen LogP contribution is -2.51. The van der Waals surface area contributed by atoms with Crippen LogP contribution in [0.4, 0.5) is 0 Å². The number of piperidine rings is 1. The first-order chi connectivity index (χ1) is 14.5. The third-order valence-electron chi connectivity index (χ3n) is 7.38. The minimum absolute atomic E-state index is 0.0566. The standard InChI is InChI=1S/C24H29N3O3/c1-4-24-11-7-12-26-13-10-17-16-8-5-6-9-18(16)27(20(17)21(24)26)19(14-24)22(28)25-15(2)23(29)30-3/h5-6,8-9,14-15,21H,4,7,10-13H2,1-3H3,(H,25,28)/t15?,21-,24+/m1/s1. The number of ether oxygens (including phenoxy) is 1. The van der Waals surface area contributed by atoms with Gasteiger partial charge >= 0.3 is 5.97 Å². The van der Waals surface area contributed by atoms with Gasteiger partial charge in [0.15, 0.2) is 0 Å². The van der Waals surface area contributed by atoms with Gasteiger partial charge in [-0.2, -0.15) is 0 Å². The van der Waals surface area contributed by atoms with Crippen LogP contribution in [0.5, 0.6) is 0 Å². The van der Waals surface area contributed by atoms with Crippen molar-refractivity contribution >= 4 is 28.5 Å². The van der Waals surface area contributed by atoms with E-state index in [1.54, 1.807) is 6.92 Å². The third kappa shape index (κ3) is 2.59. The fraction of sp³-hybridized carbons (Fsp3) is 0.500. The van der Waals surface area contributed by atoms with E-state index in [-0.39, 0.29) is 11.3 Å². The van der Waals surface area contributed by atoms with Crippen LogP contribution in [0.2, 0.25) is 0 Å². The Balaban J connectivity index is 1.72. The maximum Gasteiger partial charge on any atom is 0.328 e. The first-order valence-corrected chi connectivity index (χ1v) is 11.0. The minimum atomic E-state index is -0.695. The summed E-state index contributed by atoms with van der Waals surface area (Å²) in [6.07, 6.45) is 6.42. The van der Waals surface area contributed by atoms with Gasteiger partial charge < -0.3 is 14.6 Å². The Morgan fingerprint density at radius 3 is 2.87 bits per heavy atom. The number of methoxy groups -OCH3 is 1. The number of benzene rings is 1. The predicted octanol–water partition coefficient (Wildman–Crippen LogP) is 3.26. The molecule has 3 aliphatic rings. The molecule has 6 heteroatoms. The van der Waals surface area contributed by atoms with Crippen molar-refractivity contribution in [3.05, 3.63) is 41.6 Å². The van der Waals surface area contributed by atoms with E-state index in [9.17, 15) is 9.59 Å². The van der Waals surface area contributed by atoms with Crippen molar-refractivity contribution < 1.29 is 14.3 Å². The number of hydrogen-bond donors (Lipinski definition) is 1. The number of fused-ring (bicyclic) bond motifs is 3. The van der Waals surface area contributed by atoms with E-state index in [1.165, 1.54) is 23.8 Å². The summed E-state index contributed by atoms with van der Waals surface area (Å²) in [6.45, 7) is 6.08. The second-order valence-corrected chi connectivity index (χ2v) is 8.84. The van der Waals surface area contributed by atoms with Crippen LogP contribution in [0.3, 0.4) is 0 Å². The molecular formula is C24H29N3O3. The summed E-state index contributed by atoms with van der Waals surface area (Å²) < 4.78 is 6.97. The molecule has 0 aliphatic carbocycles. The largest absolute Gasteiger partial charge is 0.467 e. The number of nitrogens with zero attached hydrogens (tertiary/aromatic N) is 2. The van der Waals surface area contributed by atoms with E-state index >= 15 is 0 Å². The molecule has 1 amide bonds. The molecule has 6 nitrogen and oxygen atoms in total. The van der Waals surface area contributed by atoms with Gasteiger partial charge in [0.1, 0.15) is 11.7 Å². The van der Waals surface area contributed by atoms with Gasteiger partial charge in [-0.1, -0.05) is 25.1 Å². The Bertz CT molecular complexity index is 1070. The van der Waals surface area contributed by atoms with Crippen molar-refractivity contribution in [2.75, 3.05) is 20.2 Å². The zero-order valence-corrected chi connectivity index (χ0v) is 17.9. The first kappa shape index (κ1) is 19.4. The summed E-state index contributed by atoms with van der Waals surface area (Å²) in [4.78, 5) is 28.0. The Hall–Kier alpha value is -2.60. The van der Waals surface area contributed by atoms with E-state index in [4.69, 9.17) is 4.74 Å². The smallest absolute Gasteiger partial charge is 0.328 e. The van der Waals surface area contributed by atoms with Gasteiger partial charge in [-0.3, -0.25) is 9.69 Å². The molecule has 0 spiro atoms. The van der Waals surface area contributed by atoms with Crippen molar-refractivity contribution in [2.45, 2.75) is 51.6 Å². The van der Waals surface area contributed by atoms with Gasteiger partial charge in [0, 0.05) is 23.0 Å². The average Bonchev–Trinajstić information content (AvgIpc) is 3.12. The lowest BCUT2D eigenvalue weighted by Gasteiger charge is -2.53. The summed E-state index contributed by atoms with van der Waals surface area (Å²) in [6, 6.07) is 8.00. The molecule has 30 heavy (non-hydrogen) atoms. The van der Waals surface area contributed by atoms with Gasteiger partial charge in [-0.15, -0.1) is 0 Å². The summed E-state index contributed by atoms with van der Waals surface area (Å²) in [5.41, 5.74) is 4.32. The number of carbonyl (C=O) groups excluding carboxylic acids is 2. The molecule has 1 saturated heterocycles. The number of carbonyl (C=O) groups is 2. The van der Waals surface area contributed by atoms with Crippen LogP contribution in [0.25, 0.3) is 16.6 Å². The van der Waals surface area contributed by atoms with Crippen molar-refractivity contribution in [1.29, 1.82) is 0 Å². The van der Waals surface area contributed by atoms with Crippen LogP contribution in [0, 0.1) is 5.41 Å². The highest BCUT2D eigenvalue weighted by Crippen LogP contribution is 2.56. The normalized spacial score (nSPS) is 26.0. The van der Waals surface area contributed by atoms with Gasteiger partial charge in [-0.05, 0) is 56.9 Å². The number of amides is 1. The molecule has 5 rings (SSSR count). The second-order valence-electron chi connectivity index (χ2n) is 8.84. The maximum absolute atomic E-state index is 13.5. The van der Waals surface area contributed by atoms with Crippen LogP contribution in [-0.2, 0) is 20.7 Å². The zero-order chi connectivity index (χ0) is 21.0. The van der Waals surface area contributed by atoms with E-state index in [2.05, 4.69) is 46.0 Å². The monoisotopic (exact) mass is 407 g/mol. The Morgan fingerprint density at radius 1 is 1.30 bits per heavy atom. The van der Waals surface area contributed by atoms with E-state index in [1.807, 2.05) is 6.07 Å². The molecular weight excluding hydrogens is 378 g/mol. The molecule has 2 aromatic rings. The molecule has 1 aromatic carbocycles. The lowest BCUT2D eigenvalue weighted by atomic mass is 9.66. The first-order valence-electron chi connectivity index (χ1n) is 11.0. The zero-order valence-electron chi connectivity index (χ0n) is 17.9. The highest BCUT2D eigenvalue weighted by Gasteiger charge is 2.51. The van der Waals surface area contributed by atoms with Gasteiger partial charge in [0.05, 0.1) is 18.7 Å². The van der Waals surface area contributed by atoms with E-state index < -0.39 is 12.0 Å². The fourth-order valence-corrected chi connectivity index (χ4v) is 5.95. The molecule has 0 radical (unpaired) electrons. The second kappa shape index (κ2) is 6.98. The van der Waals surface area contributed by atoms with Gasteiger partial charge in [0.2, 0.25) is 0 Å². The number of rotatable bonds is 4. The minimum Gasteiger partial charge on any atom is -0.467 e. The summed E-state index contributed by atoms with van der Waals surface area (Å²) in [5, 5.41) is 4.11. The molecule has 1 unspecified atom stereocenters. The average molecular weight is 408 g/mol. The highest BCUT2D eigenvalue weighted by molar-refractivity contribution is 6.17. The van der Waals surface area contributed by atoms with Crippen LogP contribution in [-0.4, -0.2) is 47.6 Å². The maximum atomic E-state index is 13.5. The molecule has 1 aromatic heterocycles. The summed E-state index contributed by atoms with van der Waals surface area (Å²) >= 11 is 0. The molecule has 4 heterocycles. The Labute approximate surface area is 176 Å². The number of aromatic nitrogens is 1. The Kier molecular flexibility index (Phi) is 4.51. The third-order valence-corrected chi connectivity index (χ3v) is 7.38. The molecule has 1 fully saturated rings. The topological polar surface area (TPSA) is 63.6 Å². The van der Waals surface area contributed by atoms with E-state index in [0.29, 0.717) is 11.7 Å². The van der Waals surface area contributed by atoms with Crippen LogP contribution in [0.15, 0.2) is 30.3 Å². The quantitative estimate of drug-likeness (QED) is 0.791. The van der Waals surface area contributed by atoms with Crippen molar-refractivity contribution in [1.82, 2.24) is 14.8 Å². The fourth-order valence-electron chi connectivity index (χ4n) is 5.95. The summed E-state index contributed by atoms with van der Waals surface area (Å²) in [5.74, 6) is -0.656. The number of nitrogens with one attached hydrogen (secondary N) is 1. The van der Waals surface area contributed by atoms with Crippen LogP contribution in [0.1, 0.15) is 50.4 Å². The van der Waals surface area contributed by atoms with Crippen molar-refractivity contribution in [3.63, 3.8) is 0 Å². The lowest BCUT2D eigenvalue weighted by molar-refractivity contribution is -0.144. The van der Waals surface area contributed by atoms with Gasteiger partial charge in [0.25, 0.3) is 5.91 Å². The number of para-hydroxylation sites is 1.